The Balaban J connectivity index is 0.00000324. The Morgan fingerprint density at radius 1 is 1.37 bits per heavy atom. The van der Waals surface area contributed by atoms with E-state index in [4.69, 9.17) is 5.73 Å². The van der Waals surface area contributed by atoms with Gasteiger partial charge in [0.05, 0.1) is 0 Å². The van der Waals surface area contributed by atoms with E-state index < -0.39 is 0 Å². The molecule has 1 fully saturated rings. The number of halogens is 1. The number of carbonyl (C=O) groups is 1. The van der Waals surface area contributed by atoms with Crippen LogP contribution in [0.1, 0.15) is 59.3 Å². The fourth-order valence-corrected chi connectivity index (χ4v) is 3.08. The molecule has 0 aliphatic heterocycles. The van der Waals surface area contributed by atoms with Crippen LogP contribution in [0.25, 0.3) is 0 Å². The van der Waals surface area contributed by atoms with E-state index in [9.17, 15) is 4.79 Å². The van der Waals surface area contributed by atoms with Crippen molar-refractivity contribution in [3.8, 4) is 0 Å². The minimum Gasteiger partial charge on any atom is -0.352 e. The molecule has 1 aliphatic carbocycles. The highest BCUT2D eigenvalue weighted by atomic mass is 35.5. The van der Waals surface area contributed by atoms with E-state index >= 15 is 0 Å². The van der Waals surface area contributed by atoms with Crippen molar-refractivity contribution < 1.29 is 4.79 Å². The van der Waals surface area contributed by atoms with Crippen molar-refractivity contribution in [1.82, 2.24) is 5.32 Å². The van der Waals surface area contributed by atoms with Crippen LogP contribution in [-0.2, 0) is 4.79 Å². The van der Waals surface area contributed by atoms with Crippen LogP contribution in [0, 0.1) is 17.8 Å². The Labute approximate surface area is 124 Å². The van der Waals surface area contributed by atoms with Gasteiger partial charge in [-0.2, -0.15) is 0 Å². The maximum absolute atomic E-state index is 12.0. The van der Waals surface area contributed by atoms with Crippen molar-refractivity contribution in [2.75, 3.05) is 6.54 Å². The second kappa shape index (κ2) is 9.60. The zero-order chi connectivity index (χ0) is 13.5. The quantitative estimate of drug-likeness (QED) is 0.790. The van der Waals surface area contributed by atoms with Gasteiger partial charge in [-0.25, -0.2) is 0 Å². The van der Waals surface area contributed by atoms with Crippen molar-refractivity contribution in [3.63, 3.8) is 0 Å². The fourth-order valence-electron chi connectivity index (χ4n) is 3.08. The molecule has 3 atom stereocenters. The zero-order valence-corrected chi connectivity index (χ0v) is 13.5. The molecule has 1 rings (SSSR count). The van der Waals surface area contributed by atoms with Gasteiger partial charge in [0, 0.05) is 19.0 Å². The number of hydrogen-bond acceptors (Lipinski definition) is 2. The number of carbonyl (C=O) groups excluding carboxylic acids is 1. The monoisotopic (exact) mass is 290 g/mol. The molecule has 0 aromatic carbocycles. The first-order valence-corrected chi connectivity index (χ1v) is 7.50. The lowest BCUT2D eigenvalue weighted by molar-refractivity contribution is -0.123. The number of hydrogen-bond donors (Lipinski definition) is 2. The summed E-state index contributed by atoms with van der Waals surface area (Å²) in [5, 5.41) is 3.10. The SMILES string of the molecule is CC(C)CC(CN)NC(=O)CC1CCCC(C)C1.Cl. The number of nitrogens with two attached hydrogens (primary N) is 1. The van der Waals surface area contributed by atoms with Gasteiger partial charge in [-0.15, -0.1) is 12.4 Å². The second-order valence-electron chi connectivity index (χ2n) is 6.47. The molecule has 0 saturated heterocycles. The average molecular weight is 291 g/mol. The first-order valence-electron chi connectivity index (χ1n) is 7.50. The van der Waals surface area contributed by atoms with E-state index in [0.29, 0.717) is 24.8 Å². The zero-order valence-electron chi connectivity index (χ0n) is 12.7. The third-order valence-electron chi connectivity index (χ3n) is 3.92. The summed E-state index contributed by atoms with van der Waals surface area (Å²) in [4.78, 5) is 12.0. The Bertz CT molecular complexity index is 251. The smallest absolute Gasteiger partial charge is 0.220 e. The Hall–Kier alpha value is -0.280. The van der Waals surface area contributed by atoms with E-state index in [0.717, 1.165) is 12.3 Å². The van der Waals surface area contributed by atoms with Gasteiger partial charge in [0.25, 0.3) is 0 Å². The molecule has 3 nitrogen and oxygen atoms in total. The van der Waals surface area contributed by atoms with Crippen LogP contribution in [0.2, 0.25) is 0 Å². The third-order valence-corrected chi connectivity index (χ3v) is 3.92. The van der Waals surface area contributed by atoms with Crippen LogP contribution in [0.4, 0.5) is 0 Å². The van der Waals surface area contributed by atoms with Crippen molar-refractivity contribution in [2.45, 2.75) is 65.3 Å². The van der Waals surface area contributed by atoms with Crippen LogP contribution in [0.5, 0.6) is 0 Å². The Morgan fingerprint density at radius 3 is 2.58 bits per heavy atom. The lowest BCUT2D eigenvalue weighted by atomic mass is 9.80. The molecule has 4 heteroatoms. The summed E-state index contributed by atoms with van der Waals surface area (Å²) in [5.74, 6) is 2.16. The number of nitrogens with one attached hydrogen (secondary N) is 1. The van der Waals surface area contributed by atoms with Gasteiger partial charge in [0.2, 0.25) is 5.91 Å². The summed E-state index contributed by atoms with van der Waals surface area (Å²) in [6.07, 6.45) is 6.71. The fraction of sp³-hybridized carbons (Fsp3) is 0.933. The molecule has 3 N–H and O–H groups in total. The highest BCUT2D eigenvalue weighted by Gasteiger charge is 2.22. The largest absolute Gasteiger partial charge is 0.352 e. The lowest BCUT2D eigenvalue weighted by Gasteiger charge is -2.27. The van der Waals surface area contributed by atoms with E-state index in [-0.39, 0.29) is 24.4 Å². The molecular weight excluding hydrogens is 260 g/mol. The molecule has 3 unspecified atom stereocenters. The van der Waals surface area contributed by atoms with Gasteiger partial charge in [-0.3, -0.25) is 4.79 Å². The summed E-state index contributed by atoms with van der Waals surface area (Å²) in [7, 11) is 0. The highest BCUT2D eigenvalue weighted by molar-refractivity contribution is 5.85. The second-order valence-corrected chi connectivity index (χ2v) is 6.47. The topological polar surface area (TPSA) is 55.1 Å². The molecule has 0 aromatic rings. The van der Waals surface area contributed by atoms with Crippen LogP contribution in [0.3, 0.4) is 0 Å². The molecule has 0 heterocycles. The first kappa shape index (κ1) is 18.7. The van der Waals surface area contributed by atoms with Gasteiger partial charge < -0.3 is 11.1 Å². The summed E-state index contributed by atoms with van der Waals surface area (Å²) < 4.78 is 0. The van der Waals surface area contributed by atoms with Gasteiger partial charge >= 0.3 is 0 Å². The van der Waals surface area contributed by atoms with E-state index in [1.807, 2.05) is 0 Å². The molecule has 1 amide bonds. The predicted molar refractivity (Wildman–Crippen MR) is 83.4 cm³/mol. The van der Waals surface area contributed by atoms with Gasteiger partial charge in [-0.05, 0) is 37.0 Å². The first-order chi connectivity index (χ1) is 8.51. The van der Waals surface area contributed by atoms with Crippen LogP contribution >= 0.6 is 12.4 Å². The van der Waals surface area contributed by atoms with Crippen molar-refractivity contribution in [3.05, 3.63) is 0 Å². The summed E-state index contributed by atoms with van der Waals surface area (Å²) in [6.45, 7) is 7.17. The van der Waals surface area contributed by atoms with Crippen LogP contribution in [0.15, 0.2) is 0 Å². The average Bonchev–Trinajstić information content (AvgIpc) is 2.27. The third kappa shape index (κ3) is 7.78. The maximum Gasteiger partial charge on any atom is 0.220 e. The van der Waals surface area contributed by atoms with Gasteiger partial charge in [0.1, 0.15) is 0 Å². The normalized spacial score (nSPS) is 24.7. The predicted octanol–water partition coefficient (Wildman–Crippen LogP) is 3.11. The van der Waals surface area contributed by atoms with E-state index in [2.05, 4.69) is 26.1 Å². The van der Waals surface area contributed by atoms with Crippen molar-refractivity contribution in [2.24, 2.45) is 23.5 Å². The van der Waals surface area contributed by atoms with Crippen molar-refractivity contribution >= 4 is 18.3 Å². The maximum atomic E-state index is 12.0. The summed E-state index contributed by atoms with van der Waals surface area (Å²) >= 11 is 0. The molecule has 19 heavy (non-hydrogen) atoms. The Morgan fingerprint density at radius 2 is 2.05 bits per heavy atom. The Kier molecular flexibility index (Phi) is 9.46. The molecule has 0 spiro atoms. The molecule has 1 aliphatic rings. The lowest BCUT2D eigenvalue weighted by Crippen LogP contribution is -2.41. The highest BCUT2D eigenvalue weighted by Crippen LogP contribution is 2.30. The summed E-state index contributed by atoms with van der Waals surface area (Å²) in [6, 6.07) is 0.151. The molecular formula is C15H31ClN2O. The summed E-state index contributed by atoms with van der Waals surface area (Å²) in [5.41, 5.74) is 5.71. The standard InChI is InChI=1S/C15H30N2O.ClH/c1-11(2)7-14(10-16)17-15(18)9-13-6-4-5-12(3)8-13;/h11-14H,4-10,16H2,1-3H3,(H,17,18);1H. The van der Waals surface area contributed by atoms with E-state index in [1.165, 1.54) is 25.7 Å². The van der Waals surface area contributed by atoms with Gasteiger partial charge in [0.15, 0.2) is 0 Å². The minimum absolute atomic E-state index is 0. The van der Waals surface area contributed by atoms with Crippen LogP contribution in [-0.4, -0.2) is 18.5 Å². The van der Waals surface area contributed by atoms with Gasteiger partial charge in [-0.1, -0.05) is 33.6 Å². The number of rotatable bonds is 6. The minimum atomic E-state index is 0. The van der Waals surface area contributed by atoms with E-state index in [1.54, 1.807) is 0 Å². The number of amides is 1. The molecule has 0 bridgehead atoms. The molecule has 0 radical (unpaired) electrons. The molecule has 114 valence electrons. The molecule has 1 saturated carbocycles. The molecule has 0 aromatic heterocycles. The van der Waals surface area contributed by atoms with Crippen LogP contribution < -0.4 is 11.1 Å². The van der Waals surface area contributed by atoms with Crippen molar-refractivity contribution in [1.29, 1.82) is 0 Å².